The van der Waals surface area contributed by atoms with Crippen LogP contribution in [-0.2, 0) is 9.47 Å². The summed E-state index contributed by atoms with van der Waals surface area (Å²) in [6.45, 7) is 9.30. The number of halogens is 2. The molecule has 31 heavy (non-hydrogen) atoms. The molecule has 2 heterocycles. The van der Waals surface area contributed by atoms with Crippen molar-refractivity contribution >= 4 is 5.96 Å². The highest BCUT2D eigenvalue weighted by Gasteiger charge is 2.27. The van der Waals surface area contributed by atoms with Gasteiger partial charge in [-0.05, 0) is 25.3 Å². The molecule has 2 aliphatic heterocycles. The zero-order valence-electron chi connectivity index (χ0n) is 18.8. The first-order chi connectivity index (χ1) is 15.1. The van der Waals surface area contributed by atoms with E-state index >= 15 is 0 Å². The number of nitrogens with zero attached hydrogens (tertiary/aromatic N) is 3. The van der Waals surface area contributed by atoms with Gasteiger partial charge >= 0.3 is 0 Å². The molecule has 8 heteroatoms. The van der Waals surface area contributed by atoms with E-state index in [2.05, 4.69) is 20.1 Å². The van der Waals surface area contributed by atoms with E-state index < -0.39 is 11.6 Å². The highest BCUT2D eigenvalue weighted by Crippen LogP contribution is 2.28. The van der Waals surface area contributed by atoms with Crippen LogP contribution in [0.3, 0.4) is 0 Å². The third-order valence-corrected chi connectivity index (χ3v) is 6.10. The minimum absolute atomic E-state index is 0.0415. The van der Waals surface area contributed by atoms with Gasteiger partial charge in [-0.1, -0.05) is 13.0 Å². The smallest absolute Gasteiger partial charge is 0.193 e. The molecule has 6 nitrogen and oxygen atoms in total. The van der Waals surface area contributed by atoms with Crippen molar-refractivity contribution in [3.8, 4) is 0 Å². The predicted octanol–water partition coefficient (Wildman–Crippen LogP) is 3.05. The van der Waals surface area contributed by atoms with Crippen LogP contribution in [-0.4, -0.2) is 82.0 Å². The molecule has 2 saturated heterocycles. The van der Waals surface area contributed by atoms with Crippen LogP contribution in [0.25, 0.3) is 0 Å². The van der Waals surface area contributed by atoms with Crippen molar-refractivity contribution in [1.82, 2.24) is 15.1 Å². The normalized spacial score (nSPS) is 21.5. The van der Waals surface area contributed by atoms with Crippen molar-refractivity contribution in [2.75, 3.05) is 66.2 Å². The van der Waals surface area contributed by atoms with Gasteiger partial charge in [0.15, 0.2) is 5.96 Å². The molecular formula is C23H36F2N4O2. The summed E-state index contributed by atoms with van der Waals surface area (Å²) in [6, 6.07) is 3.85. The molecule has 0 radical (unpaired) electrons. The van der Waals surface area contributed by atoms with Gasteiger partial charge in [-0.25, -0.2) is 8.78 Å². The summed E-state index contributed by atoms with van der Waals surface area (Å²) >= 11 is 0. The summed E-state index contributed by atoms with van der Waals surface area (Å²) in [5.74, 6) is 0.445. The Morgan fingerprint density at radius 1 is 1.29 bits per heavy atom. The minimum Gasteiger partial charge on any atom is -0.381 e. The summed E-state index contributed by atoms with van der Waals surface area (Å²) in [5, 5.41) is 3.42. The van der Waals surface area contributed by atoms with Gasteiger partial charge in [-0.3, -0.25) is 9.89 Å². The summed E-state index contributed by atoms with van der Waals surface area (Å²) in [4.78, 5) is 8.93. The van der Waals surface area contributed by atoms with Gasteiger partial charge in [0.25, 0.3) is 0 Å². The van der Waals surface area contributed by atoms with Crippen molar-refractivity contribution in [3.63, 3.8) is 0 Å². The summed E-state index contributed by atoms with van der Waals surface area (Å²) < 4.78 is 38.7. The third kappa shape index (κ3) is 6.85. The molecule has 2 aliphatic rings. The molecule has 1 N–H and O–H groups in total. The van der Waals surface area contributed by atoms with Gasteiger partial charge in [-0.15, -0.1) is 0 Å². The molecule has 2 fully saturated rings. The number of aliphatic imine (C=N–C) groups is 1. The number of ether oxygens (including phenoxy) is 2. The van der Waals surface area contributed by atoms with E-state index in [1.165, 1.54) is 6.07 Å². The average molecular weight is 439 g/mol. The molecule has 0 bridgehead atoms. The summed E-state index contributed by atoms with van der Waals surface area (Å²) in [6.07, 6.45) is 2.81. The zero-order chi connectivity index (χ0) is 22.1. The van der Waals surface area contributed by atoms with Crippen molar-refractivity contribution in [2.24, 2.45) is 10.9 Å². The van der Waals surface area contributed by atoms with E-state index in [0.29, 0.717) is 11.5 Å². The standard InChI is InChI=1S/C23H36F2N4O2/c1-3-22(20-6-5-19(24)15-21(20)25)28-9-11-29(12-10-28)23(26-2)27-8-4-13-30-16-18-7-14-31-17-18/h5-6,15,18,22H,3-4,7-14,16-17H2,1-2H3,(H,26,27). The first-order valence-electron chi connectivity index (χ1n) is 11.4. The first kappa shape index (κ1) is 23.9. The molecule has 0 amide bonds. The van der Waals surface area contributed by atoms with Crippen LogP contribution in [0.15, 0.2) is 23.2 Å². The zero-order valence-corrected chi connectivity index (χ0v) is 18.8. The maximum absolute atomic E-state index is 14.3. The fraction of sp³-hybridized carbons (Fsp3) is 0.696. The number of hydrogen-bond donors (Lipinski definition) is 1. The second-order valence-electron chi connectivity index (χ2n) is 8.24. The van der Waals surface area contributed by atoms with Gasteiger partial charge in [0.05, 0.1) is 13.2 Å². The second kappa shape index (κ2) is 12.3. The molecule has 3 rings (SSSR count). The molecule has 0 spiro atoms. The number of benzene rings is 1. The second-order valence-corrected chi connectivity index (χ2v) is 8.24. The van der Waals surface area contributed by atoms with Crippen molar-refractivity contribution < 1.29 is 18.3 Å². The maximum Gasteiger partial charge on any atom is 0.193 e. The lowest BCUT2D eigenvalue weighted by Crippen LogP contribution is -2.53. The number of nitrogens with one attached hydrogen (secondary N) is 1. The Hall–Kier alpha value is -1.77. The Kier molecular flexibility index (Phi) is 9.49. The molecule has 174 valence electrons. The fourth-order valence-corrected chi connectivity index (χ4v) is 4.36. The summed E-state index contributed by atoms with van der Waals surface area (Å²) in [7, 11) is 1.80. The fourth-order valence-electron chi connectivity index (χ4n) is 4.36. The lowest BCUT2D eigenvalue weighted by atomic mass is 10.0. The van der Waals surface area contributed by atoms with E-state index in [0.717, 1.165) is 90.4 Å². The van der Waals surface area contributed by atoms with Crippen LogP contribution in [0.4, 0.5) is 8.78 Å². The van der Waals surface area contributed by atoms with Crippen LogP contribution >= 0.6 is 0 Å². The van der Waals surface area contributed by atoms with Crippen LogP contribution in [0.5, 0.6) is 0 Å². The molecule has 0 aromatic heterocycles. The molecular weight excluding hydrogens is 402 g/mol. The number of hydrogen-bond acceptors (Lipinski definition) is 4. The van der Waals surface area contributed by atoms with Crippen molar-refractivity contribution in [2.45, 2.75) is 32.2 Å². The van der Waals surface area contributed by atoms with Crippen LogP contribution in [0.2, 0.25) is 0 Å². The molecule has 0 aliphatic carbocycles. The largest absolute Gasteiger partial charge is 0.381 e. The third-order valence-electron chi connectivity index (χ3n) is 6.10. The SMILES string of the molecule is CCC(c1ccc(F)cc1F)N1CCN(C(=NC)NCCCOCC2CCOC2)CC1. The Balaban J connectivity index is 1.39. The molecule has 2 atom stereocenters. The Morgan fingerprint density at radius 3 is 2.74 bits per heavy atom. The Labute approximate surface area is 184 Å². The highest BCUT2D eigenvalue weighted by atomic mass is 19.1. The average Bonchev–Trinajstić information content (AvgIpc) is 3.29. The highest BCUT2D eigenvalue weighted by molar-refractivity contribution is 5.79. The molecule has 0 saturated carbocycles. The maximum atomic E-state index is 14.3. The van der Waals surface area contributed by atoms with E-state index in [-0.39, 0.29) is 6.04 Å². The molecule has 1 aromatic rings. The van der Waals surface area contributed by atoms with Crippen molar-refractivity contribution in [3.05, 3.63) is 35.4 Å². The number of piperazine rings is 1. The van der Waals surface area contributed by atoms with E-state index in [1.807, 2.05) is 6.92 Å². The van der Waals surface area contributed by atoms with Gasteiger partial charge in [0.2, 0.25) is 0 Å². The molecule has 1 aromatic carbocycles. The van der Waals surface area contributed by atoms with E-state index in [1.54, 1.807) is 13.1 Å². The quantitative estimate of drug-likeness (QED) is 0.365. The topological polar surface area (TPSA) is 49.3 Å². The number of guanidine groups is 1. The van der Waals surface area contributed by atoms with Gasteiger partial charge in [-0.2, -0.15) is 0 Å². The number of rotatable bonds is 9. The van der Waals surface area contributed by atoms with Gasteiger partial charge in [0.1, 0.15) is 11.6 Å². The van der Waals surface area contributed by atoms with Crippen LogP contribution < -0.4 is 5.32 Å². The summed E-state index contributed by atoms with van der Waals surface area (Å²) in [5.41, 5.74) is 0.573. The minimum atomic E-state index is -0.534. The van der Waals surface area contributed by atoms with Gasteiger partial charge in [0, 0.05) is 76.6 Å². The molecule has 2 unspecified atom stereocenters. The first-order valence-corrected chi connectivity index (χ1v) is 11.4. The van der Waals surface area contributed by atoms with E-state index in [9.17, 15) is 8.78 Å². The lowest BCUT2D eigenvalue weighted by molar-refractivity contribution is 0.0885. The monoisotopic (exact) mass is 438 g/mol. The lowest BCUT2D eigenvalue weighted by Gasteiger charge is -2.40. The van der Waals surface area contributed by atoms with Crippen molar-refractivity contribution in [1.29, 1.82) is 0 Å². The Bertz CT molecular complexity index is 705. The van der Waals surface area contributed by atoms with Crippen LogP contribution in [0.1, 0.15) is 37.8 Å². The van der Waals surface area contributed by atoms with E-state index in [4.69, 9.17) is 9.47 Å². The predicted molar refractivity (Wildman–Crippen MR) is 118 cm³/mol. The van der Waals surface area contributed by atoms with Gasteiger partial charge < -0.3 is 19.7 Å². The van der Waals surface area contributed by atoms with Crippen LogP contribution in [0, 0.1) is 17.6 Å². The Morgan fingerprint density at radius 2 is 2.10 bits per heavy atom.